The number of anilines is 1. The molecule has 20 heavy (non-hydrogen) atoms. The van der Waals surface area contributed by atoms with E-state index < -0.39 is 0 Å². The zero-order valence-electron chi connectivity index (χ0n) is 9.99. The number of benzene rings is 1. The van der Waals surface area contributed by atoms with Crippen LogP contribution >= 0.6 is 34.8 Å². The average molecular weight is 332 g/mol. The van der Waals surface area contributed by atoms with Crippen LogP contribution in [0.25, 0.3) is 6.08 Å². The van der Waals surface area contributed by atoms with Gasteiger partial charge < -0.3 is 4.42 Å². The van der Waals surface area contributed by atoms with Gasteiger partial charge in [0.25, 0.3) is 5.91 Å². The van der Waals surface area contributed by atoms with E-state index in [0.29, 0.717) is 26.5 Å². The van der Waals surface area contributed by atoms with Crippen molar-refractivity contribution in [3.05, 3.63) is 57.4 Å². The second-order valence-electron chi connectivity index (χ2n) is 3.71. The molecule has 1 heterocycles. The largest absolute Gasteiger partial charge is 0.465 e. The molecule has 0 bridgehead atoms. The summed E-state index contributed by atoms with van der Waals surface area (Å²) in [4.78, 5) is 11.6. The molecule has 0 aliphatic carbocycles. The van der Waals surface area contributed by atoms with Gasteiger partial charge in [-0.25, -0.2) is 0 Å². The molecule has 0 atom stereocenters. The normalized spacial score (nSPS) is 10.8. The summed E-state index contributed by atoms with van der Waals surface area (Å²) in [7, 11) is 0. The SMILES string of the molecule is O=C(/C=C/c1ccco1)NNc1c(Cl)cc(Cl)cc1Cl. The molecule has 0 radical (unpaired) electrons. The zero-order valence-corrected chi connectivity index (χ0v) is 12.3. The quantitative estimate of drug-likeness (QED) is 0.645. The van der Waals surface area contributed by atoms with Crippen molar-refractivity contribution in [2.24, 2.45) is 0 Å². The third-order valence-corrected chi connectivity index (χ3v) is 3.07. The first-order valence-electron chi connectivity index (χ1n) is 5.48. The number of amides is 1. The van der Waals surface area contributed by atoms with E-state index in [1.807, 2.05) is 0 Å². The molecule has 0 saturated heterocycles. The number of hydrogen-bond donors (Lipinski definition) is 2. The molecule has 4 nitrogen and oxygen atoms in total. The summed E-state index contributed by atoms with van der Waals surface area (Å²) in [6.45, 7) is 0. The fourth-order valence-electron chi connectivity index (χ4n) is 1.37. The summed E-state index contributed by atoms with van der Waals surface area (Å²) >= 11 is 17.7. The summed E-state index contributed by atoms with van der Waals surface area (Å²) < 4.78 is 5.05. The van der Waals surface area contributed by atoms with Crippen LogP contribution in [0.1, 0.15) is 5.76 Å². The van der Waals surface area contributed by atoms with Gasteiger partial charge in [0.1, 0.15) is 5.76 Å². The number of furan rings is 1. The third-order valence-electron chi connectivity index (χ3n) is 2.26. The molecule has 0 unspecified atom stereocenters. The predicted octanol–water partition coefficient (Wildman–Crippen LogP) is 4.40. The molecule has 7 heteroatoms. The molecular weight excluding hydrogens is 323 g/mol. The van der Waals surface area contributed by atoms with Crippen LogP contribution in [0.4, 0.5) is 5.69 Å². The maximum atomic E-state index is 11.6. The number of hydrogen-bond acceptors (Lipinski definition) is 3. The molecule has 1 aromatic carbocycles. The lowest BCUT2D eigenvalue weighted by molar-refractivity contribution is -0.115. The Bertz CT molecular complexity index is 616. The van der Waals surface area contributed by atoms with Crippen molar-refractivity contribution in [1.82, 2.24) is 5.43 Å². The van der Waals surface area contributed by atoms with E-state index in [1.54, 1.807) is 12.1 Å². The van der Waals surface area contributed by atoms with Crippen molar-refractivity contribution in [3.8, 4) is 0 Å². The Labute approximate surface area is 130 Å². The smallest absolute Gasteiger partial charge is 0.262 e. The van der Waals surface area contributed by atoms with Crippen molar-refractivity contribution in [2.45, 2.75) is 0 Å². The highest BCUT2D eigenvalue weighted by Gasteiger charge is 2.08. The minimum atomic E-state index is -0.386. The van der Waals surface area contributed by atoms with Crippen LogP contribution < -0.4 is 10.9 Å². The van der Waals surface area contributed by atoms with Crippen molar-refractivity contribution in [2.75, 3.05) is 5.43 Å². The molecule has 0 saturated carbocycles. The number of hydrazine groups is 1. The van der Waals surface area contributed by atoms with Gasteiger partial charge in [0.2, 0.25) is 0 Å². The summed E-state index contributed by atoms with van der Waals surface area (Å²) in [6.07, 6.45) is 4.36. The van der Waals surface area contributed by atoms with Gasteiger partial charge in [0, 0.05) is 11.1 Å². The van der Waals surface area contributed by atoms with Crippen LogP contribution in [0.15, 0.2) is 41.0 Å². The first-order valence-corrected chi connectivity index (χ1v) is 6.62. The topological polar surface area (TPSA) is 54.3 Å². The first-order chi connectivity index (χ1) is 9.56. The molecule has 0 aliphatic rings. The van der Waals surface area contributed by atoms with E-state index in [-0.39, 0.29) is 5.91 Å². The standard InChI is InChI=1S/C13H9Cl3N2O2/c14-8-6-10(15)13(11(16)7-8)18-17-12(19)4-3-9-2-1-5-20-9/h1-7,18H,(H,17,19)/b4-3+. The molecule has 2 rings (SSSR count). The van der Waals surface area contributed by atoms with Crippen molar-refractivity contribution in [3.63, 3.8) is 0 Å². The fraction of sp³-hybridized carbons (Fsp3) is 0. The summed E-state index contributed by atoms with van der Waals surface area (Å²) in [5.41, 5.74) is 5.44. The van der Waals surface area contributed by atoms with Crippen LogP contribution in [0.3, 0.4) is 0 Å². The van der Waals surface area contributed by atoms with Crippen molar-refractivity contribution in [1.29, 1.82) is 0 Å². The lowest BCUT2D eigenvalue weighted by Crippen LogP contribution is -2.27. The fourth-order valence-corrected chi connectivity index (χ4v) is 2.28. The van der Waals surface area contributed by atoms with Crippen molar-refractivity contribution >= 4 is 52.5 Å². The number of nitrogens with one attached hydrogen (secondary N) is 2. The number of carbonyl (C=O) groups is 1. The highest BCUT2D eigenvalue weighted by molar-refractivity contribution is 6.41. The van der Waals surface area contributed by atoms with E-state index in [4.69, 9.17) is 39.2 Å². The van der Waals surface area contributed by atoms with E-state index >= 15 is 0 Å². The van der Waals surface area contributed by atoms with Crippen molar-refractivity contribution < 1.29 is 9.21 Å². The number of carbonyl (C=O) groups excluding carboxylic acids is 1. The van der Waals surface area contributed by atoms with Crippen LogP contribution in [-0.4, -0.2) is 5.91 Å². The number of rotatable bonds is 4. The molecule has 104 valence electrons. The first kappa shape index (κ1) is 14.8. The maximum Gasteiger partial charge on any atom is 0.262 e. The Kier molecular flexibility index (Phi) is 4.95. The number of halogens is 3. The molecule has 2 aromatic rings. The highest BCUT2D eigenvalue weighted by Crippen LogP contribution is 2.32. The molecule has 1 aromatic heterocycles. The monoisotopic (exact) mass is 330 g/mol. The Morgan fingerprint density at radius 2 is 1.90 bits per heavy atom. The van der Waals surface area contributed by atoms with Gasteiger partial charge in [-0.15, -0.1) is 0 Å². The lowest BCUT2D eigenvalue weighted by Gasteiger charge is -2.10. The third kappa shape index (κ3) is 3.93. The van der Waals surface area contributed by atoms with Crippen LogP contribution in [0, 0.1) is 0 Å². The zero-order chi connectivity index (χ0) is 14.5. The van der Waals surface area contributed by atoms with Gasteiger partial charge >= 0.3 is 0 Å². The molecule has 0 aliphatic heterocycles. The van der Waals surface area contributed by atoms with Gasteiger partial charge in [0.05, 0.1) is 22.0 Å². The molecule has 1 amide bonds. The van der Waals surface area contributed by atoms with Gasteiger partial charge in [-0.1, -0.05) is 34.8 Å². The minimum Gasteiger partial charge on any atom is -0.465 e. The summed E-state index contributed by atoms with van der Waals surface area (Å²) in [6, 6.07) is 6.48. The van der Waals surface area contributed by atoms with Gasteiger partial charge in [-0.2, -0.15) is 0 Å². The highest BCUT2D eigenvalue weighted by atomic mass is 35.5. The second-order valence-corrected chi connectivity index (χ2v) is 4.96. The Morgan fingerprint density at radius 3 is 2.50 bits per heavy atom. The van der Waals surface area contributed by atoms with E-state index in [2.05, 4.69) is 10.9 Å². The van der Waals surface area contributed by atoms with Gasteiger partial charge in [-0.3, -0.25) is 15.6 Å². The van der Waals surface area contributed by atoms with Crippen LogP contribution in [0.2, 0.25) is 15.1 Å². The Morgan fingerprint density at radius 1 is 1.20 bits per heavy atom. The van der Waals surface area contributed by atoms with Gasteiger partial charge in [0.15, 0.2) is 0 Å². The Balaban J connectivity index is 1.97. The van der Waals surface area contributed by atoms with Gasteiger partial charge in [-0.05, 0) is 30.3 Å². The lowest BCUT2D eigenvalue weighted by atomic mass is 10.3. The van der Waals surface area contributed by atoms with E-state index in [9.17, 15) is 4.79 Å². The van der Waals surface area contributed by atoms with E-state index in [0.717, 1.165) is 0 Å². The van der Waals surface area contributed by atoms with E-state index in [1.165, 1.54) is 30.5 Å². The molecule has 0 spiro atoms. The molecular formula is C13H9Cl3N2O2. The second kappa shape index (κ2) is 6.70. The Hall–Kier alpha value is -1.62. The minimum absolute atomic E-state index is 0.304. The van der Waals surface area contributed by atoms with Crippen LogP contribution in [-0.2, 0) is 4.79 Å². The predicted molar refractivity (Wildman–Crippen MR) is 81.0 cm³/mol. The molecule has 2 N–H and O–H groups in total. The van der Waals surface area contributed by atoms with Crippen LogP contribution in [0.5, 0.6) is 0 Å². The summed E-state index contributed by atoms with van der Waals surface area (Å²) in [5, 5.41) is 1.02. The average Bonchev–Trinajstić information content (AvgIpc) is 2.88. The maximum absolute atomic E-state index is 11.6. The molecule has 0 fully saturated rings. The summed E-state index contributed by atoms with van der Waals surface area (Å²) in [5.74, 6) is 0.186.